The third kappa shape index (κ3) is 5.91. The Hall–Kier alpha value is -0.670. The second-order valence-electron chi connectivity index (χ2n) is 6.20. The van der Waals surface area contributed by atoms with Crippen LogP contribution in [0.2, 0.25) is 0 Å². The average Bonchev–Trinajstić information content (AvgIpc) is 2.43. The van der Waals surface area contributed by atoms with E-state index in [1.54, 1.807) is 12.1 Å². The lowest BCUT2D eigenvalue weighted by Crippen LogP contribution is -2.11. The van der Waals surface area contributed by atoms with Crippen LogP contribution in [0.3, 0.4) is 0 Å². The lowest BCUT2D eigenvalue weighted by molar-refractivity contribution is 0.124. The number of aryl methyl sites for hydroxylation is 1. The molecule has 21 heavy (non-hydrogen) atoms. The van der Waals surface area contributed by atoms with Crippen LogP contribution in [0.15, 0.2) is 24.3 Å². The van der Waals surface area contributed by atoms with Crippen molar-refractivity contribution in [2.45, 2.75) is 40.5 Å². The molecule has 0 aromatic heterocycles. The summed E-state index contributed by atoms with van der Waals surface area (Å²) in [6.45, 7) is 10.4. The van der Waals surface area contributed by atoms with Crippen LogP contribution >= 0.6 is 7.60 Å². The van der Waals surface area contributed by atoms with E-state index in [-0.39, 0.29) is 25.0 Å². The van der Waals surface area contributed by atoms with Crippen LogP contribution in [0.25, 0.3) is 0 Å². The van der Waals surface area contributed by atoms with Gasteiger partial charge in [0.15, 0.2) is 5.85 Å². The highest BCUT2D eigenvalue weighted by atomic mass is 31.2. The molecule has 5 heteroatoms. The third-order valence-electron chi connectivity index (χ3n) is 2.85. The maximum Gasteiger partial charge on any atom is 0.363 e. The molecule has 0 saturated carbocycles. The zero-order valence-corrected chi connectivity index (χ0v) is 14.5. The SMILES string of the molecule is Cc1ccc([C@@H](O)P(=O)(OCC(C)C)OCC(C)C)cc1. The summed E-state index contributed by atoms with van der Waals surface area (Å²) in [6, 6.07) is 7.25. The first-order valence-electron chi connectivity index (χ1n) is 7.38. The summed E-state index contributed by atoms with van der Waals surface area (Å²) in [5.74, 6) is -0.826. The van der Waals surface area contributed by atoms with Crippen LogP contribution in [0, 0.1) is 18.8 Å². The zero-order chi connectivity index (χ0) is 16.0. The first-order valence-corrected chi connectivity index (χ1v) is 8.99. The summed E-state index contributed by atoms with van der Waals surface area (Å²) in [5.41, 5.74) is 1.63. The fourth-order valence-electron chi connectivity index (χ4n) is 1.61. The van der Waals surface area contributed by atoms with Gasteiger partial charge in [-0.2, -0.15) is 0 Å². The second-order valence-corrected chi connectivity index (χ2v) is 8.29. The van der Waals surface area contributed by atoms with E-state index in [0.29, 0.717) is 5.56 Å². The first kappa shape index (κ1) is 18.4. The van der Waals surface area contributed by atoms with Gasteiger partial charge in [-0.1, -0.05) is 57.5 Å². The minimum absolute atomic E-state index is 0.214. The quantitative estimate of drug-likeness (QED) is 0.717. The summed E-state index contributed by atoms with van der Waals surface area (Å²) in [5, 5.41) is 10.4. The van der Waals surface area contributed by atoms with Crippen molar-refractivity contribution in [2.75, 3.05) is 13.2 Å². The van der Waals surface area contributed by atoms with E-state index in [4.69, 9.17) is 9.05 Å². The second kappa shape index (κ2) is 8.09. The summed E-state index contributed by atoms with van der Waals surface area (Å²) in [7, 11) is -3.60. The highest BCUT2D eigenvalue weighted by molar-refractivity contribution is 7.54. The topological polar surface area (TPSA) is 55.8 Å². The standard InChI is InChI=1S/C16H27O4P/c1-12(2)10-19-21(18,20-11-13(3)4)16(17)15-8-6-14(5)7-9-15/h6-9,12-13,16-17H,10-11H2,1-5H3/t16-/m0/s1. The van der Waals surface area contributed by atoms with Gasteiger partial charge < -0.3 is 14.2 Å². The number of aliphatic hydroxyl groups excluding tert-OH is 1. The summed E-state index contributed by atoms with van der Waals surface area (Å²) in [6.07, 6.45) is 0. The van der Waals surface area contributed by atoms with Crippen molar-refractivity contribution in [3.8, 4) is 0 Å². The van der Waals surface area contributed by atoms with Crippen molar-refractivity contribution in [2.24, 2.45) is 11.8 Å². The van der Waals surface area contributed by atoms with Gasteiger partial charge in [-0.05, 0) is 24.3 Å². The Balaban J connectivity index is 2.92. The molecular formula is C16H27O4P. The van der Waals surface area contributed by atoms with E-state index < -0.39 is 13.4 Å². The van der Waals surface area contributed by atoms with E-state index in [9.17, 15) is 9.67 Å². The smallest absolute Gasteiger partial charge is 0.363 e. The predicted molar refractivity (Wildman–Crippen MR) is 85.3 cm³/mol. The molecule has 0 saturated heterocycles. The molecule has 0 heterocycles. The van der Waals surface area contributed by atoms with Gasteiger partial charge in [0.1, 0.15) is 0 Å². The number of hydrogen-bond donors (Lipinski definition) is 1. The lowest BCUT2D eigenvalue weighted by atomic mass is 10.2. The van der Waals surface area contributed by atoms with E-state index in [0.717, 1.165) is 5.56 Å². The Kier molecular flexibility index (Phi) is 7.08. The number of rotatable bonds is 8. The maximum absolute atomic E-state index is 12.9. The molecule has 0 aliphatic heterocycles. The number of benzene rings is 1. The van der Waals surface area contributed by atoms with Gasteiger partial charge in [0.2, 0.25) is 0 Å². The van der Waals surface area contributed by atoms with E-state index >= 15 is 0 Å². The molecule has 1 atom stereocenters. The Morgan fingerprint density at radius 1 is 1.00 bits per heavy atom. The molecule has 0 radical (unpaired) electrons. The van der Waals surface area contributed by atoms with Crippen LogP contribution in [0.4, 0.5) is 0 Å². The van der Waals surface area contributed by atoms with Crippen molar-refractivity contribution >= 4 is 7.60 Å². The van der Waals surface area contributed by atoms with E-state index in [1.807, 2.05) is 46.8 Å². The molecule has 0 bridgehead atoms. The molecule has 0 aliphatic rings. The molecule has 0 spiro atoms. The Labute approximate surface area is 128 Å². The van der Waals surface area contributed by atoms with Crippen LogP contribution < -0.4 is 0 Å². The molecule has 120 valence electrons. The van der Waals surface area contributed by atoms with Gasteiger partial charge in [0, 0.05) is 0 Å². The largest absolute Gasteiger partial charge is 0.376 e. The molecule has 1 aromatic rings. The van der Waals surface area contributed by atoms with Crippen molar-refractivity contribution in [1.82, 2.24) is 0 Å². The Morgan fingerprint density at radius 2 is 1.43 bits per heavy atom. The number of hydrogen-bond acceptors (Lipinski definition) is 4. The van der Waals surface area contributed by atoms with Crippen LogP contribution in [-0.4, -0.2) is 18.3 Å². The lowest BCUT2D eigenvalue weighted by Gasteiger charge is -2.25. The molecule has 1 N–H and O–H groups in total. The van der Waals surface area contributed by atoms with E-state index in [2.05, 4.69) is 0 Å². The Morgan fingerprint density at radius 3 is 1.81 bits per heavy atom. The van der Waals surface area contributed by atoms with Crippen LogP contribution in [-0.2, 0) is 13.6 Å². The normalized spacial score (nSPS) is 13.9. The Bertz CT molecular complexity index is 452. The maximum atomic E-state index is 12.9. The molecule has 0 aliphatic carbocycles. The molecule has 0 amide bonds. The fourth-order valence-corrected chi connectivity index (χ4v) is 3.51. The van der Waals surface area contributed by atoms with Gasteiger partial charge in [-0.3, -0.25) is 4.57 Å². The van der Waals surface area contributed by atoms with Crippen molar-refractivity contribution in [3.05, 3.63) is 35.4 Å². The third-order valence-corrected chi connectivity index (χ3v) is 4.77. The highest BCUT2D eigenvalue weighted by Crippen LogP contribution is 2.60. The summed E-state index contributed by atoms with van der Waals surface area (Å²) >= 11 is 0. The average molecular weight is 314 g/mol. The van der Waals surface area contributed by atoms with Crippen LogP contribution in [0.5, 0.6) is 0 Å². The molecule has 1 aromatic carbocycles. The first-order chi connectivity index (χ1) is 9.74. The molecule has 4 nitrogen and oxygen atoms in total. The van der Waals surface area contributed by atoms with Gasteiger partial charge in [0.25, 0.3) is 0 Å². The molecule has 0 fully saturated rings. The summed E-state index contributed by atoms with van der Waals surface area (Å²) < 4.78 is 23.9. The highest BCUT2D eigenvalue weighted by Gasteiger charge is 2.36. The predicted octanol–water partition coefficient (Wildman–Crippen LogP) is 4.52. The van der Waals surface area contributed by atoms with Crippen molar-refractivity contribution < 1.29 is 18.7 Å². The molecule has 0 unspecified atom stereocenters. The minimum Gasteiger partial charge on any atom is -0.376 e. The van der Waals surface area contributed by atoms with Crippen molar-refractivity contribution in [1.29, 1.82) is 0 Å². The van der Waals surface area contributed by atoms with Gasteiger partial charge in [-0.15, -0.1) is 0 Å². The fraction of sp³-hybridized carbons (Fsp3) is 0.625. The minimum atomic E-state index is -3.60. The summed E-state index contributed by atoms with van der Waals surface area (Å²) in [4.78, 5) is 0. The molecule has 1 rings (SSSR count). The number of aliphatic hydroxyl groups is 1. The molecular weight excluding hydrogens is 287 g/mol. The monoisotopic (exact) mass is 314 g/mol. The van der Waals surface area contributed by atoms with Crippen molar-refractivity contribution in [3.63, 3.8) is 0 Å². The van der Waals surface area contributed by atoms with Gasteiger partial charge in [0.05, 0.1) is 13.2 Å². The van der Waals surface area contributed by atoms with Gasteiger partial charge >= 0.3 is 7.60 Å². The van der Waals surface area contributed by atoms with E-state index in [1.165, 1.54) is 0 Å². The van der Waals surface area contributed by atoms with Crippen LogP contribution in [0.1, 0.15) is 44.7 Å². The van der Waals surface area contributed by atoms with Gasteiger partial charge in [-0.25, -0.2) is 0 Å². The zero-order valence-electron chi connectivity index (χ0n) is 13.6.